The number of hydrogen-bond acceptors (Lipinski definition) is 2. The van der Waals surface area contributed by atoms with Gasteiger partial charge in [0.25, 0.3) is 5.91 Å². The third kappa shape index (κ3) is 0.908. The molecule has 15 heavy (non-hydrogen) atoms. The molecule has 1 atom stereocenters. The van der Waals surface area contributed by atoms with Crippen LogP contribution in [0.5, 0.6) is 0 Å². The Morgan fingerprint density at radius 1 is 1.40 bits per heavy atom. The lowest BCUT2D eigenvalue weighted by atomic mass is 9.96. The summed E-state index contributed by atoms with van der Waals surface area (Å²) in [6.45, 7) is 0.508. The Morgan fingerprint density at radius 2 is 2.20 bits per heavy atom. The number of carbonyl (C=O) groups excluding carboxylic acids is 1. The molecule has 1 amide bonds. The average Bonchev–Trinajstić information content (AvgIpc) is 2.83. The van der Waals surface area contributed by atoms with E-state index < -0.39 is 5.60 Å². The van der Waals surface area contributed by atoms with Crippen LogP contribution in [0.3, 0.4) is 0 Å². The fourth-order valence-corrected chi connectivity index (χ4v) is 2.30. The van der Waals surface area contributed by atoms with Crippen molar-refractivity contribution in [2.75, 3.05) is 18.6 Å². The summed E-state index contributed by atoms with van der Waals surface area (Å²) >= 11 is 0. The van der Waals surface area contributed by atoms with Crippen molar-refractivity contribution < 1.29 is 9.53 Å². The first-order valence-corrected chi connectivity index (χ1v) is 4.95. The molecule has 0 aromatic heterocycles. The second-order valence-corrected chi connectivity index (χ2v) is 3.83. The molecular weight excluding hydrogens is 190 g/mol. The van der Waals surface area contributed by atoms with Crippen LogP contribution in [0, 0.1) is 0 Å². The van der Waals surface area contributed by atoms with Crippen LogP contribution in [0.2, 0.25) is 0 Å². The summed E-state index contributed by atoms with van der Waals surface area (Å²) in [4.78, 5) is 13.8. The number of anilines is 1. The number of hydrogen-bond donors (Lipinski definition) is 0. The van der Waals surface area contributed by atoms with Crippen molar-refractivity contribution in [3.05, 3.63) is 42.0 Å². The molecule has 2 aliphatic rings. The van der Waals surface area contributed by atoms with E-state index in [4.69, 9.17) is 4.74 Å². The Labute approximate surface area is 88.0 Å². The maximum Gasteiger partial charge on any atom is 0.267 e. The lowest BCUT2D eigenvalue weighted by Crippen LogP contribution is -2.37. The van der Waals surface area contributed by atoms with Crippen molar-refractivity contribution in [1.29, 1.82) is 0 Å². The monoisotopic (exact) mass is 201 g/mol. The highest BCUT2D eigenvalue weighted by Gasteiger charge is 2.50. The maximum absolute atomic E-state index is 12.1. The summed E-state index contributed by atoms with van der Waals surface area (Å²) in [6.07, 6.45) is 3.76. The topological polar surface area (TPSA) is 29.5 Å². The zero-order valence-electron chi connectivity index (χ0n) is 8.43. The van der Waals surface area contributed by atoms with Gasteiger partial charge in [0.1, 0.15) is 0 Å². The van der Waals surface area contributed by atoms with Gasteiger partial charge < -0.3 is 9.64 Å². The molecule has 2 heterocycles. The first-order valence-electron chi connectivity index (χ1n) is 4.95. The molecule has 3 rings (SSSR count). The number of amides is 1. The Morgan fingerprint density at radius 3 is 2.93 bits per heavy atom. The smallest absolute Gasteiger partial charge is 0.267 e. The number of ether oxygens (including phenoxy) is 1. The van der Waals surface area contributed by atoms with Crippen LogP contribution in [0.1, 0.15) is 5.56 Å². The molecule has 1 spiro atoms. The standard InChI is InChI=1S/C12H11NO2/c1-13-10-6-3-2-5-9(10)12(11(13)14)7-4-8-15-12/h2-7H,8H2,1H3. The van der Waals surface area contributed by atoms with Crippen molar-refractivity contribution in [2.24, 2.45) is 0 Å². The summed E-state index contributed by atoms with van der Waals surface area (Å²) < 4.78 is 5.61. The van der Waals surface area contributed by atoms with E-state index in [0.717, 1.165) is 11.3 Å². The zero-order valence-corrected chi connectivity index (χ0v) is 8.43. The predicted molar refractivity (Wildman–Crippen MR) is 56.6 cm³/mol. The van der Waals surface area contributed by atoms with Crippen LogP contribution >= 0.6 is 0 Å². The molecule has 0 saturated heterocycles. The highest BCUT2D eigenvalue weighted by atomic mass is 16.5. The molecule has 1 aromatic carbocycles. The van der Waals surface area contributed by atoms with Crippen molar-refractivity contribution in [1.82, 2.24) is 0 Å². The van der Waals surface area contributed by atoms with Gasteiger partial charge in [-0.2, -0.15) is 0 Å². The first kappa shape index (κ1) is 8.68. The first-order chi connectivity index (χ1) is 7.26. The SMILES string of the molecule is CN1C(=O)C2(C=CCO2)c2ccccc21. The molecule has 0 radical (unpaired) electrons. The highest BCUT2D eigenvalue weighted by molar-refractivity contribution is 6.08. The molecule has 1 unspecified atom stereocenters. The Bertz CT molecular complexity index is 466. The van der Waals surface area contributed by atoms with Gasteiger partial charge in [-0.05, 0) is 12.1 Å². The molecule has 1 aromatic rings. The largest absolute Gasteiger partial charge is 0.352 e. The van der Waals surface area contributed by atoms with Gasteiger partial charge >= 0.3 is 0 Å². The van der Waals surface area contributed by atoms with E-state index >= 15 is 0 Å². The minimum absolute atomic E-state index is 0.00236. The van der Waals surface area contributed by atoms with E-state index in [9.17, 15) is 4.79 Å². The van der Waals surface area contributed by atoms with Crippen molar-refractivity contribution >= 4 is 11.6 Å². The van der Waals surface area contributed by atoms with Crippen molar-refractivity contribution in [3.63, 3.8) is 0 Å². The van der Waals surface area contributed by atoms with E-state index in [-0.39, 0.29) is 5.91 Å². The number of carbonyl (C=O) groups is 1. The maximum atomic E-state index is 12.1. The summed E-state index contributed by atoms with van der Waals surface area (Å²) in [5.74, 6) is -0.00236. The second-order valence-electron chi connectivity index (χ2n) is 3.83. The fraction of sp³-hybridized carbons (Fsp3) is 0.250. The molecular formula is C12H11NO2. The van der Waals surface area contributed by atoms with Gasteiger partial charge in [0.15, 0.2) is 5.60 Å². The van der Waals surface area contributed by atoms with Gasteiger partial charge in [0.2, 0.25) is 0 Å². The third-order valence-electron chi connectivity index (χ3n) is 3.05. The number of rotatable bonds is 0. The number of para-hydroxylation sites is 1. The molecule has 0 bridgehead atoms. The molecule has 3 heteroatoms. The van der Waals surface area contributed by atoms with E-state index in [2.05, 4.69) is 0 Å². The van der Waals surface area contributed by atoms with E-state index in [1.54, 1.807) is 11.9 Å². The minimum Gasteiger partial charge on any atom is -0.352 e. The Hall–Kier alpha value is -1.61. The van der Waals surface area contributed by atoms with Crippen LogP contribution in [-0.4, -0.2) is 19.6 Å². The lowest BCUT2D eigenvalue weighted by Gasteiger charge is -2.19. The van der Waals surface area contributed by atoms with Gasteiger partial charge in [-0.1, -0.05) is 24.3 Å². The second kappa shape index (κ2) is 2.70. The average molecular weight is 201 g/mol. The summed E-state index contributed by atoms with van der Waals surface area (Å²) in [7, 11) is 1.78. The molecule has 2 aliphatic heterocycles. The van der Waals surface area contributed by atoms with Gasteiger partial charge in [-0.3, -0.25) is 4.79 Å². The number of nitrogens with zero attached hydrogens (tertiary/aromatic N) is 1. The van der Waals surface area contributed by atoms with Gasteiger partial charge in [0, 0.05) is 12.6 Å². The van der Waals surface area contributed by atoms with Gasteiger partial charge in [-0.25, -0.2) is 0 Å². The zero-order chi connectivity index (χ0) is 10.5. The van der Waals surface area contributed by atoms with Crippen LogP contribution in [0.25, 0.3) is 0 Å². The fourth-order valence-electron chi connectivity index (χ4n) is 2.30. The van der Waals surface area contributed by atoms with Crippen molar-refractivity contribution in [3.8, 4) is 0 Å². The molecule has 0 aliphatic carbocycles. The van der Waals surface area contributed by atoms with E-state index in [1.165, 1.54) is 0 Å². The van der Waals surface area contributed by atoms with Gasteiger partial charge in [-0.15, -0.1) is 0 Å². The van der Waals surface area contributed by atoms with Gasteiger partial charge in [0.05, 0.1) is 12.3 Å². The van der Waals surface area contributed by atoms with Crippen LogP contribution < -0.4 is 4.90 Å². The minimum atomic E-state index is -0.842. The van der Waals surface area contributed by atoms with E-state index in [0.29, 0.717) is 6.61 Å². The van der Waals surface area contributed by atoms with Crippen LogP contribution in [-0.2, 0) is 15.1 Å². The highest BCUT2D eigenvalue weighted by Crippen LogP contribution is 2.44. The van der Waals surface area contributed by atoms with E-state index in [1.807, 2.05) is 36.4 Å². The Kier molecular flexibility index (Phi) is 1.56. The number of likely N-dealkylation sites (N-methyl/N-ethyl adjacent to an activating group) is 1. The Balaban J connectivity index is 2.27. The summed E-state index contributed by atoms with van der Waals surface area (Å²) in [6, 6.07) is 7.76. The van der Waals surface area contributed by atoms with Crippen LogP contribution in [0.15, 0.2) is 36.4 Å². The number of benzene rings is 1. The summed E-state index contributed by atoms with van der Waals surface area (Å²) in [5, 5.41) is 0. The molecule has 3 nitrogen and oxygen atoms in total. The molecule has 0 N–H and O–H groups in total. The number of fused-ring (bicyclic) bond motifs is 2. The van der Waals surface area contributed by atoms with Crippen LogP contribution in [0.4, 0.5) is 5.69 Å². The van der Waals surface area contributed by atoms with Crippen molar-refractivity contribution in [2.45, 2.75) is 5.60 Å². The molecule has 76 valence electrons. The molecule has 0 saturated carbocycles. The lowest BCUT2D eigenvalue weighted by molar-refractivity contribution is -0.134. The predicted octanol–water partition coefficient (Wildman–Crippen LogP) is 1.44. The quantitative estimate of drug-likeness (QED) is 0.594. The third-order valence-corrected chi connectivity index (χ3v) is 3.05. The normalized spacial score (nSPS) is 27.8. The molecule has 0 fully saturated rings. The summed E-state index contributed by atoms with van der Waals surface area (Å²) in [5.41, 5.74) is 1.05.